The van der Waals surface area contributed by atoms with Gasteiger partial charge in [0.25, 0.3) is 0 Å². The molecule has 1 aromatic heterocycles. The molecule has 4 heteroatoms. The molecule has 0 fully saturated rings. The first kappa shape index (κ1) is 12.0. The zero-order valence-corrected chi connectivity index (χ0v) is 10.4. The van der Waals surface area contributed by atoms with Crippen LogP contribution in [0.2, 0.25) is 0 Å². The van der Waals surface area contributed by atoms with Gasteiger partial charge in [0.05, 0.1) is 25.3 Å². The Kier molecular flexibility index (Phi) is 3.09. The summed E-state index contributed by atoms with van der Waals surface area (Å²) in [6, 6.07) is 3.57. The van der Waals surface area contributed by atoms with Crippen molar-refractivity contribution < 1.29 is 9.84 Å². The summed E-state index contributed by atoms with van der Waals surface area (Å²) in [7, 11) is 1.64. The van der Waals surface area contributed by atoms with E-state index >= 15 is 0 Å². The third-order valence-electron chi connectivity index (χ3n) is 3.20. The first-order chi connectivity index (χ1) is 8.10. The molecule has 1 unspecified atom stereocenters. The van der Waals surface area contributed by atoms with Gasteiger partial charge >= 0.3 is 0 Å². The molecule has 1 atom stereocenters. The number of aryl methyl sites for hydroxylation is 2. The molecule has 0 amide bonds. The van der Waals surface area contributed by atoms with Crippen LogP contribution in [0.25, 0.3) is 10.9 Å². The van der Waals surface area contributed by atoms with Crippen LogP contribution < -0.4 is 10.5 Å². The highest BCUT2D eigenvalue weighted by atomic mass is 16.5. The van der Waals surface area contributed by atoms with Crippen molar-refractivity contribution in [2.75, 3.05) is 13.7 Å². The van der Waals surface area contributed by atoms with E-state index in [1.807, 2.05) is 19.1 Å². The average molecular weight is 234 g/mol. The van der Waals surface area contributed by atoms with Gasteiger partial charge in [0.1, 0.15) is 5.75 Å². The van der Waals surface area contributed by atoms with Crippen molar-refractivity contribution in [3.8, 4) is 5.75 Å². The Morgan fingerprint density at radius 3 is 2.71 bits per heavy atom. The van der Waals surface area contributed by atoms with Crippen LogP contribution in [0.4, 0.5) is 0 Å². The van der Waals surface area contributed by atoms with Gasteiger partial charge in [0.2, 0.25) is 0 Å². The van der Waals surface area contributed by atoms with Gasteiger partial charge in [-0.2, -0.15) is 0 Å². The fourth-order valence-corrected chi connectivity index (χ4v) is 2.29. The summed E-state index contributed by atoms with van der Waals surface area (Å²) < 4.78 is 5.33. The third kappa shape index (κ3) is 1.79. The lowest BCUT2D eigenvalue weighted by Gasteiger charge is -2.06. The molecule has 0 aliphatic heterocycles. The minimum Gasteiger partial charge on any atom is -0.495 e. The molecule has 1 aromatic carbocycles. The fourth-order valence-electron chi connectivity index (χ4n) is 2.29. The predicted octanol–water partition coefficient (Wildman–Crippen LogP) is 1.79. The molecule has 0 saturated heterocycles. The van der Waals surface area contributed by atoms with E-state index in [0.717, 1.165) is 27.9 Å². The highest BCUT2D eigenvalue weighted by Gasteiger charge is 2.17. The summed E-state index contributed by atoms with van der Waals surface area (Å²) in [5.74, 6) is 0.796. The molecule has 0 saturated carbocycles. The van der Waals surface area contributed by atoms with Crippen LogP contribution in [0.3, 0.4) is 0 Å². The maximum absolute atomic E-state index is 9.16. The number of methoxy groups -OCH3 is 1. The number of benzene rings is 1. The van der Waals surface area contributed by atoms with E-state index in [-0.39, 0.29) is 12.6 Å². The van der Waals surface area contributed by atoms with Crippen LogP contribution in [0, 0.1) is 13.8 Å². The van der Waals surface area contributed by atoms with E-state index in [1.54, 1.807) is 7.11 Å². The number of aromatic amines is 1. The van der Waals surface area contributed by atoms with E-state index < -0.39 is 0 Å². The van der Waals surface area contributed by atoms with Crippen molar-refractivity contribution in [3.05, 3.63) is 29.0 Å². The topological polar surface area (TPSA) is 71.3 Å². The van der Waals surface area contributed by atoms with E-state index in [1.165, 1.54) is 5.56 Å². The predicted molar refractivity (Wildman–Crippen MR) is 68.3 cm³/mol. The molecule has 17 heavy (non-hydrogen) atoms. The molecule has 4 N–H and O–H groups in total. The summed E-state index contributed by atoms with van der Waals surface area (Å²) in [5.41, 5.74) is 9.95. The van der Waals surface area contributed by atoms with Gasteiger partial charge in [-0.05, 0) is 31.0 Å². The highest BCUT2D eigenvalue weighted by molar-refractivity contribution is 5.92. The Labute approximate surface area is 100 Å². The lowest BCUT2D eigenvalue weighted by molar-refractivity contribution is 0.266. The molecule has 2 aromatic rings. The summed E-state index contributed by atoms with van der Waals surface area (Å²) in [6.07, 6.45) is 0. The first-order valence-corrected chi connectivity index (χ1v) is 5.62. The number of hydrogen-bond acceptors (Lipinski definition) is 3. The number of ether oxygens (including phenoxy) is 1. The van der Waals surface area contributed by atoms with Crippen molar-refractivity contribution in [1.82, 2.24) is 4.98 Å². The van der Waals surface area contributed by atoms with Crippen molar-refractivity contribution in [2.45, 2.75) is 19.9 Å². The van der Waals surface area contributed by atoms with Gasteiger partial charge in [-0.25, -0.2) is 0 Å². The van der Waals surface area contributed by atoms with Gasteiger partial charge in [-0.15, -0.1) is 0 Å². The van der Waals surface area contributed by atoms with Crippen LogP contribution in [0.1, 0.15) is 22.9 Å². The number of fused-ring (bicyclic) bond motifs is 1. The first-order valence-electron chi connectivity index (χ1n) is 5.62. The lowest BCUT2D eigenvalue weighted by Crippen LogP contribution is -2.15. The molecule has 0 spiro atoms. The van der Waals surface area contributed by atoms with E-state index in [9.17, 15) is 0 Å². The summed E-state index contributed by atoms with van der Waals surface area (Å²) >= 11 is 0. The zero-order chi connectivity index (χ0) is 12.6. The Balaban J connectivity index is 2.76. The zero-order valence-electron chi connectivity index (χ0n) is 10.4. The van der Waals surface area contributed by atoms with Crippen molar-refractivity contribution in [2.24, 2.45) is 5.73 Å². The summed E-state index contributed by atoms with van der Waals surface area (Å²) in [4.78, 5) is 3.26. The van der Waals surface area contributed by atoms with Gasteiger partial charge < -0.3 is 20.6 Å². The van der Waals surface area contributed by atoms with Crippen LogP contribution in [0.15, 0.2) is 12.1 Å². The Hall–Kier alpha value is -1.52. The third-order valence-corrected chi connectivity index (χ3v) is 3.20. The van der Waals surface area contributed by atoms with Crippen LogP contribution in [0.5, 0.6) is 5.75 Å². The maximum atomic E-state index is 9.16. The maximum Gasteiger partial charge on any atom is 0.142 e. The van der Waals surface area contributed by atoms with E-state index in [2.05, 4.69) is 11.9 Å². The number of hydrogen-bond donors (Lipinski definition) is 3. The molecule has 0 aliphatic rings. The standard InChI is InChI=1S/C13H18N2O2/c1-7-4-5-10(17-3)13-11(7)8(2)12(15-13)9(14)6-16/h4-5,9,15-16H,6,14H2,1-3H3. The molecule has 2 rings (SSSR count). The van der Waals surface area contributed by atoms with E-state index in [0.29, 0.717) is 0 Å². The largest absolute Gasteiger partial charge is 0.495 e. The normalized spacial score (nSPS) is 13.0. The smallest absolute Gasteiger partial charge is 0.142 e. The molecule has 1 heterocycles. The van der Waals surface area contributed by atoms with E-state index in [4.69, 9.17) is 15.6 Å². The SMILES string of the molecule is COc1ccc(C)c2c(C)c(C(N)CO)[nH]c12. The van der Waals surface area contributed by atoms with Gasteiger partial charge in [-0.1, -0.05) is 6.07 Å². The van der Waals surface area contributed by atoms with Crippen molar-refractivity contribution in [3.63, 3.8) is 0 Å². The highest BCUT2D eigenvalue weighted by Crippen LogP contribution is 2.33. The number of nitrogens with two attached hydrogens (primary N) is 1. The number of aliphatic hydroxyl groups excluding tert-OH is 1. The second-order valence-electron chi connectivity index (χ2n) is 4.29. The van der Waals surface area contributed by atoms with Crippen LogP contribution in [-0.2, 0) is 0 Å². The number of H-pyrrole nitrogens is 1. The number of aromatic nitrogens is 1. The Morgan fingerprint density at radius 2 is 2.12 bits per heavy atom. The minimum absolute atomic E-state index is 0.0744. The monoisotopic (exact) mass is 234 g/mol. The summed E-state index contributed by atoms with van der Waals surface area (Å²) in [5, 5.41) is 10.3. The molecule has 0 radical (unpaired) electrons. The molecule has 0 aliphatic carbocycles. The molecule has 92 valence electrons. The van der Waals surface area contributed by atoms with Crippen LogP contribution >= 0.6 is 0 Å². The molecule has 4 nitrogen and oxygen atoms in total. The van der Waals surface area contributed by atoms with Crippen molar-refractivity contribution in [1.29, 1.82) is 0 Å². The second kappa shape index (κ2) is 4.39. The quantitative estimate of drug-likeness (QED) is 0.758. The number of aliphatic hydroxyl groups is 1. The minimum atomic E-state index is -0.383. The molecule has 0 bridgehead atoms. The van der Waals surface area contributed by atoms with Gasteiger partial charge in [0.15, 0.2) is 0 Å². The Bertz CT molecular complexity index is 546. The van der Waals surface area contributed by atoms with Crippen LogP contribution in [-0.4, -0.2) is 23.8 Å². The molecular formula is C13H18N2O2. The number of rotatable bonds is 3. The van der Waals surface area contributed by atoms with Gasteiger partial charge in [-0.3, -0.25) is 0 Å². The lowest BCUT2D eigenvalue weighted by atomic mass is 10.0. The fraction of sp³-hybridized carbons (Fsp3) is 0.385. The second-order valence-corrected chi connectivity index (χ2v) is 4.29. The summed E-state index contributed by atoms with van der Waals surface area (Å²) in [6.45, 7) is 3.99. The Morgan fingerprint density at radius 1 is 1.41 bits per heavy atom. The average Bonchev–Trinajstić information content (AvgIpc) is 2.68. The van der Waals surface area contributed by atoms with Gasteiger partial charge in [0, 0.05) is 11.1 Å². The number of nitrogens with one attached hydrogen (secondary N) is 1. The molecular weight excluding hydrogens is 216 g/mol. The van der Waals surface area contributed by atoms with Crippen molar-refractivity contribution >= 4 is 10.9 Å².